The summed E-state index contributed by atoms with van der Waals surface area (Å²) in [6.07, 6.45) is 1.74. The minimum absolute atomic E-state index is 0.357. The summed E-state index contributed by atoms with van der Waals surface area (Å²) in [7, 11) is 0. The van der Waals surface area contributed by atoms with Gasteiger partial charge in [-0.1, -0.05) is 20.8 Å². The average Bonchev–Trinajstić information content (AvgIpc) is 2.75. The van der Waals surface area contributed by atoms with Gasteiger partial charge >= 0.3 is 5.97 Å². The summed E-state index contributed by atoms with van der Waals surface area (Å²) in [6, 6.07) is 3.64. The summed E-state index contributed by atoms with van der Waals surface area (Å²) in [4.78, 5) is 11.4. The van der Waals surface area contributed by atoms with Gasteiger partial charge in [-0.2, -0.15) is 0 Å². The number of carbonyl (C=O) groups is 1. The number of fused-ring (bicyclic) bond motifs is 1. The molecule has 120 valence electrons. The molecular weight excluding hydrogens is 276 g/mol. The molecule has 0 saturated heterocycles. The van der Waals surface area contributed by atoms with Crippen LogP contribution in [0.4, 0.5) is 0 Å². The van der Waals surface area contributed by atoms with Gasteiger partial charge < -0.3 is 15.4 Å². The van der Waals surface area contributed by atoms with Crippen LogP contribution in [0.3, 0.4) is 0 Å². The van der Waals surface area contributed by atoms with Crippen LogP contribution in [0.15, 0.2) is 12.1 Å². The minimum atomic E-state index is -0.862. The van der Waals surface area contributed by atoms with Gasteiger partial charge in [0.2, 0.25) is 0 Å². The Kier molecular flexibility index (Phi) is 4.91. The maximum absolute atomic E-state index is 11.4. The van der Waals surface area contributed by atoms with Crippen molar-refractivity contribution < 1.29 is 9.90 Å². The number of rotatable bonds is 6. The van der Waals surface area contributed by atoms with Gasteiger partial charge in [0.05, 0.1) is 11.1 Å². The van der Waals surface area contributed by atoms with Gasteiger partial charge in [0.15, 0.2) is 0 Å². The first-order valence-electron chi connectivity index (χ1n) is 8.01. The zero-order chi connectivity index (χ0) is 16.4. The Balaban J connectivity index is 2.84. The van der Waals surface area contributed by atoms with Crippen LogP contribution >= 0.6 is 0 Å². The van der Waals surface area contributed by atoms with Crippen LogP contribution in [-0.4, -0.2) is 22.2 Å². The molecule has 2 aromatic rings. The number of hydrogen-bond donors (Lipinski definition) is 2. The molecule has 0 unspecified atom stereocenters. The average molecular weight is 302 g/mol. The molecule has 0 amide bonds. The molecule has 0 spiro atoms. The van der Waals surface area contributed by atoms with E-state index in [4.69, 9.17) is 5.73 Å². The number of hydrogen-bond acceptors (Lipinski definition) is 2. The van der Waals surface area contributed by atoms with Crippen LogP contribution in [0.1, 0.15) is 60.3 Å². The lowest BCUT2D eigenvalue weighted by Gasteiger charge is -2.11. The van der Waals surface area contributed by atoms with Crippen molar-refractivity contribution in [2.75, 3.05) is 6.54 Å². The lowest BCUT2D eigenvalue weighted by atomic mass is 9.96. The second kappa shape index (κ2) is 6.53. The van der Waals surface area contributed by atoms with E-state index in [9.17, 15) is 9.90 Å². The highest BCUT2D eigenvalue weighted by Gasteiger charge is 2.20. The monoisotopic (exact) mass is 302 g/mol. The molecule has 1 aromatic heterocycles. The lowest BCUT2D eigenvalue weighted by Crippen LogP contribution is -2.08. The van der Waals surface area contributed by atoms with Crippen LogP contribution in [0.25, 0.3) is 10.9 Å². The van der Waals surface area contributed by atoms with Crippen LogP contribution in [0.2, 0.25) is 0 Å². The maximum Gasteiger partial charge on any atom is 0.335 e. The van der Waals surface area contributed by atoms with Crippen molar-refractivity contribution >= 4 is 16.9 Å². The van der Waals surface area contributed by atoms with Gasteiger partial charge in [-0.15, -0.1) is 0 Å². The van der Waals surface area contributed by atoms with Gasteiger partial charge in [0, 0.05) is 17.6 Å². The van der Waals surface area contributed by atoms with E-state index in [0.717, 1.165) is 30.3 Å². The van der Waals surface area contributed by atoms with E-state index < -0.39 is 5.97 Å². The van der Waals surface area contributed by atoms with Crippen LogP contribution in [0, 0.1) is 6.92 Å². The third kappa shape index (κ3) is 2.75. The predicted molar refractivity (Wildman–Crippen MR) is 90.8 cm³/mol. The molecule has 1 heterocycles. The molecule has 3 N–H and O–H groups in total. The Morgan fingerprint density at radius 1 is 1.36 bits per heavy atom. The van der Waals surface area contributed by atoms with E-state index in [1.54, 1.807) is 0 Å². The Labute approximate surface area is 131 Å². The fourth-order valence-corrected chi connectivity index (χ4v) is 3.38. The highest BCUT2D eigenvalue weighted by molar-refractivity contribution is 5.97. The molecule has 0 bridgehead atoms. The third-order valence-corrected chi connectivity index (χ3v) is 4.33. The summed E-state index contributed by atoms with van der Waals surface area (Å²) in [5.41, 5.74) is 10.8. The third-order valence-electron chi connectivity index (χ3n) is 4.33. The van der Waals surface area contributed by atoms with E-state index in [2.05, 4.69) is 32.3 Å². The van der Waals surface area contributed by atoms with Gasteiger partial charge in [-0.3, -0.25) is 0 Å². The Hall–Kier alpha value is -1.81. The highest BCUT2D eigenvalue weighted by Crippen LogP contribution is 2.35. The van der Waals surface area contributed by atoms with Crippen molar-refractivity contribution in [3.8, 4) is 0 Å². The van der Waals surface area contributed by atoms with Crippen LogP contribution < -0.4 is 5.73 Å². The number of carboxylic acid groups (broad SMARTS) is 1. The first-order valence-corrected chi connectivity index (χ1v) is 8.01. The van der Waals surface area contributed by atoms with E-state index in [1.807, 2.05) is 12.1 Å². The summed E-state index contributed by atoms with van der Waals surface area (Å²) in [5, 5.41) is 10.5. The molecule has 0 aliphatic heterocycles. The van der Waals surface area contributed by atoms with Crippen molar-refractivity contribution in [1.29, 1.82) is 0 Å². The first-order chi connectivity index (χ1) is 10.4. The second-order valence-electron chi connectivity index (χ2n) is 6.14. The Morgan fingerprint density at radius 3 is 2.55 bits per heavy atom. The topological polar surface area (TPSA) is 68.2 Å². The quantitative estimate of drug-likeness (QED) is 0.855. The normalized spacial score (nSPS) is 11.5. The largest absolute Gasteiger partial charge is 0.478 e. The number of benzene rings is 1. The Bertz CT molecular complexity index is 699. The number of nitrogens with two attached hydrogens (primary N) is 1. The predicted octanol–water partition coefficient (Wildman–Crippen LogP) is 3.68. The minimum Gasteiger partial charge on any atom is -0.478 e. The summed E-state index contributed by atoms with van der Waals surface area (Å²) >= 11 is 0. The molecule has 22 heavy (non-hydrogen) atoms. The molecule has 1 aromatic carbocycles. The maximum atomic E-state index is 11.4. The van der Waals surface area contributed by atoms with Gasteiger partial charge in [0.1, 0.15) is 0 Å². The molecule has 0 radical (unpaired) electrons. The lowest BCUT2D eigenvalue weighted by molar-refractivity contribution is 0.0697. The molecule has 0 atom stereocenters. The van der Waals surface area contributed by atoms with Crippen molar-refractivity contribution in [2.24, 2.45) is 5.73 Å². The summed E-state index contributed by atoms with van der Waals surface area (Å²) < 4.78 is 2.32. The van der Waals surface area contributed by atoms with E-state index >= 15 is 0 Å². The molecule has 0 aliphatic rings. The van der Waals surface area contributed by atoms with Crippen molar-refractivity contribution in [3.05, 3.63) is 34.5 Å². The van der Waals surface area contributed by atoms with E-state index in [0.29, 0.717) is 18.0 Å². The van der Waals surface area contributed by atoms with E-state index in [-0.39, 0.29) is 0 Å². The van der Waals surface area contributed by atoms with Gasteiger partial charge in [-0.05, 0) is 55.5 Å². The standard InChI is InChI=1S/C18H26N2O2/c1-5-13-9-14(18(21)22)10-15-16(11(2)3)12(4)20(17(13)15)8-6-7-19/h9-11H,5-8,19H2,1-4H3,(H,21,22). The molecule has 0 saturated carbocycles. The van der Waals surface area contributed by atoms with Crippen molar-refractivity contribution in [1.82, 2.24) is 4.57 Å². The summed E-state index contributed by atoms with van der Waals surface area (Å²) in [6.45, 7) is 10.1. The van der Waals surface area contributed by atoms with Crippen LogP contribution in [0.5, 0.6) is 0 Å². The number of aromatic nitrogens is 1. The SMILES string of the molecule is CCc1cc(C(=O)O)cc2c(C(C)C)c(C)n(CCCN)c12. The molecular formula is C18H26N2O2. The van der Waals surface area contributed by atoms with Crippen molar-refractivity contribution in [2.45, 2.75) is 53.0 Å². The fraction of sp³-hybridized carbons (Fsp3) is 0.500. The first kappa shape index (κ1) is 16.6. The van der Waals surface area contributed by atoms with Crippen molar-refractivity contribution in [3.63, 3.8) is 0 Å². The molecule has 0 aliphatic carbocycles. The smallest absolute Gasteiger partial charge is 0.335 e. The Morgan fingerprint density at radius 2 is 2.05 bits per heavy atom. The number of aromatic carboxylic acids is 1. The zero-order valence-corrected chi connectivity index (χ0v) is 13.9. The fourth-order valence-electron chi connectivity index (χ4n) is 3.38. The molecule has 4 nitrogen and oxygen atoms in total. The van der Waals surface area contributed by atoms with Gasteiger partial charge in [0.25, 0.3) is 0 Å². The molecule has 0 fully saturated rings. The number of nitrogens with zero attached hydrogens (tertiary/aromatic N) is 1. The van der Waals surface area contributed by atoms with E-state index in [1.165, 1.54) is 16.8 Å². The second-order valence-corrected chi connectivity index (χ2v) is 6.14. The highest BCUT2D eigenvalue weighted by atomic mass is 16.4. The number of aryl methyl sites for hydroxylation is 2. The summed E-state index contributed by atoms with van der Waals surface area (Å²) in [5.74, 6) is -0.506. The van der Waals surface area contributed by atoms with Gasteiger partial charge in [-0.25, -0.2) is 4.79 Å². The number of carboxylic acids is 1. The van der Waals surface area contributed by atoms with Crippen LogP contribution in [-0.2, 0) is 13.0 Å². The zero-order valence-electron chi connectivity index (χ0n) is 13.9. The molecule has 2 rings (SSSR count). The molecule has 4 heteroatoms.